The molecule has 16 heavy (non-hydrogen) atoms. The maximum absolute atomic E-state index is 3.55. The van der Waals surface area contributed by atoms with E-state index in [1.54, 1.807) is 0 Å². The van der Waals surface area contributed by atoms with Crippen LogP contribution in [-0.4, -0.2) is 23.6 Å². The van der Waals surface area contributed by atoms with Gasteiger partial charge in [-0.25, -0.2) is 0 Å². The van der Waals surface area contributed by atoms with Gasteiger partial charge in [0.2, 0.25) is 0 Å². The zero-order chi connectivity index (χ0) is 11.4. The Morgan fingerprint density at radius 2 is 1.94 bits per heavy atom. The Balaban J connectivity index is 1.96. The van der Waals surface area contributed by atoms with Gasteiger partial charge in [0.15, 0.2) is 0 Å². The van der Waals surface area contributed by atoms with Gasteiger partial charge in [0.05, 0.1) is 0 Å². The van der Waals surface area contributed by atoms with Crippen LogP contribution in [0.15, 0.2) is 24.3 Å². The number of hydrogen-bond acceptors (Lipinski definition) is 2. The first-order chi connectivity index (χ1) is 7.79. The molecule has 0 amide bonds. The van der Waals surface area contributed by atoms with E-state index in [-0.39, 0.29) is 0 Å². The molecular weight excluding hydrogens is 214 g/mol. The molecule has 1 aromatic carbocycles. The van der Waals surface area contributed by atoms with Crippen molar-refractivity contribution in [1.82, 2.24) is 5.32 Å². The number of rotatable bonds is 3. The highest BCUT2D eigenvalue weighted by molar-refractivity contribution is 8.00. The molecule has 0 bridgehead atoms. The topological polar surface area (TPSA) is 12.0 Å². The Morgan fingerprint density at radius 1 is 1.25 bits per heavy atom. The number of aryl methyl sites for hydroxylation is 1. The first-order valence-electron chi connectivity index (χ1n) is 6.22. The molecule has 0 spiro atoms. The van der Waals surface area contributed by atoms with Crippen molar-refractivity contribution in [1.29, 1.82) is 0 Å². The molecule has 1 aliphatic rings. The average molecular weight is 235 g/mol. The zero-order valence-corrected chi connectivity index (χ0v) is 11.0. The Kier molecular flexibility index (Phi) is 4.30. The van der Waals surface area contributed by atoms with Crippen LogP contribution in [0.2, 0.25) is 0 Å². The van der Waals surface area contributed by atoms with Crippen LogP contribution in [0.4, 0.5) is 0 Å². The monoisotopic (exact) mass is 235 g/mol. The first kappa shape index (κ1) is 12.0. The predicted octanol–water partition coefficient (Wildman–Crippen LogP) is 2.89. The third-order valence-corrected chi connectivity index (χ3v) is 4.77. The fourth-order valence-electron chi connectivity index (χ4n) is 2.15. The van der Waals surface area contributed by atoms with Gasteiger partial charge in [-0.15, -0.1) is 0 Å². The summed E-state index contributed by atoms with van der Waals surface area (Å²) in [5.74, 6) is 1.25. The maximum atomic E-state index is 3.55. The number of nitrogens with one attached hydrogen (secondary N) is 1. The van der Waals surface area contributed by atoms with E-state index in [1.807, 2.05) is 0 Å². The van der Waals surface area contributed by atoms with Crippen molar-refractivity contribution in [3.63, 3.8) is 0 Å². The smallest absolute Gasteiger partial charge is 0.0239 e. The van der Waals surface area contributed by atoms with Crippen LogP contribution in [0.3, 0.4) is 0 Å². The van der Waals surface area contributed by atoms with Gasteiger partial charge >= 0.3 is 0 Å². The Labute approximate surface area is 103 Å². The molecule has 2 atom stereocenters. The summed E-state index contributed by atoms with van der Waals surface area (Å²) < 4.78 is 0. The molecule has 88 valence electrons. The summed E-state index contributed by atoms with van der Waals surface area (Å²) in [6, 6.07) is 9.76. The van der Waals surface area contributed by atoms with E-state index in [9.17, 15) is 0 Å². The second-order valence-corrected chi connectivity index (χ2v) is 5.87. The van der Waals surface area contributed by atoms with Crippen LogP contribution in [0, 0.1) is 0 Å². The van der Waals surface area contributed by atoms with E-state index < -0.39 is 0 Å². The van der Waals surface area contributed by atoms with Gasteiger partial charge in [0.25, 0.3) is 0 Å². The van der Waals surface area contributed by atoms with Crippen molar-refractivity contribution in [2.75, 3.05) is 12.3 Å². The second kappa shape index (κ2) is 5.74. The molecule has 0 saturated carbocycles. The lowest BCUT2D eigenvalue weighted by molar-refractivity contribution is 0.529. The summed E-state index contributed by atoms with van der Waals surface area (Å²) in [7, 11) is 0. The van der Waals surface area contributed by atoms with E-state index in [1.165, 1.54) is 23.3 Å². The van der Waals surface area contributed by atoms with Gasteiger partial charge in [0.1, 0.15) is 0 Å². The lowest BCUT2D eigenvalue weighted by Gasteiger charge is -2.29. The van der Waals surface area contributed by atoms with E-state index in [2.05, 4.69) is 55.2 Å². The molecule has 2 heteroatoms. The summed E-state index contributed by atoms with van der Waals surface area (Å²) >= 11 is 2.11. The van der Waals surface area contributed by atoms with Crippen LogP contribution in [0.1, 0.15) is 25.0 Å². The molecule has 0 radical (unpaired) electrons. The summed E-state index contributed by atoms with van der Waals surface area (Å²) in [5, 5.41) is 4.29. The van der Waals surface area contributed by atoms with Gasteiger partial charge in [-0.3, -0.25) is 0 Å². The molecule has 0 aromatic heterocycles. The van der Waals surface area contributed by atoms with E-state index >= 15 is 0 Å². The lowest BCUT2D eigenvalue weighted by atomic mass is 10.0. The summed E-state index contributed by atoms with van der Waals surface area (Å²) in [6.45, 7) is 5.67. The van der Waals surface area contributed by atoms with Crippen LogP contribution in [0.25, 0.3) is 0 Å². The average Bonchev–Trinajstić information content (AvgIpc) is 2.33. The Morgan fingerprint density at radius 3 is 2.56 bits per heavy atom. The van der Waals surface area contributed by atoms with Gasteiger partial charge in [-0.1, -0.05) is 31.2 Å². The quantitative estimate of drug-likeness (QED) is 0.864. The van der Waals surface area contributed by atoms with E-state index in [4.69, 9.17) is 0 Å². The molecular formula is C14H21NS. The summed E-state index contributed by atoms with van der Waals surface area (Å²) in [6.07, 6.45) is 2.33. The molecule has 1 aliphatic heterocycles. The molecule has 2 unspecified atom stereocenters. The van der Waals surface area contributed by atoms with Crippen LogP contribution in [0.5, 0.6) is 0 Å². The van der Waals surface area contributed by atoms with Crippen molar-refractivity contribution in [2.24, 2.45) is 0 Å². The molecule has 1 N–H and O–H groups in total. The fraction of sp³-hybridized carbons (Fsp3) is 0.571. The number of benzene rings is 1. The Bertz CT molecular complexity index is 320. The van der Waals surface area contributed by atoms with Crippen LogP contribution < -0.4 is 5.32 Å². The van der Waals surface area contributed by atoms with Crippen molar-refractivity contribution < 1.29 is 0 Å². The van der Waals surface area contributed by atoms with Crippen LogP contribution >= 0.6 is 11.8 Å². The SMILES string of the molecule is CCc1ccc(CC2SCCNC2C)cc1. The third kappa shape index (κ3) is 3.02. The van der Waals surface area contributed by atoms with Gasteiger partial charge in [-0.05, 0) is 30.9 Å². The Hall–Kier alpha value is -0.470. The molecule has 0 aliphatic carbocycles. The van der Waals surface area contributed by atoms with E-state index in [0.29, 0.717) is 6.04 Å². The highest BCUT2D eigenvalue weighted by atomic mass is 32.2. The number of thioether (sulfide) groups is 1. The van der Waals surface area contributed by atoms with Gasteiger partial charge in [-0.2, -0.15) is 11.8 Å². The highest BCUT2D eigenvalue weighted by Gasteiger charge is 2.21. The minimum absolute atomic E-state index is 0.643. The zero-order valence-electron chi connectivity index (χ0n) is 10.2. The van der Waals surface area contributed by atoms with Gasteiger partial charge in [0, 0.05) is 23.6 Å². The minimum atomic E-state index is 0.643. The summed E-state index contributed by atoms with van der Waals surface area (Å²) in [4.78, 5) is 0. The molecule has 1 heterocycles. The highest BCUT2D eigenvalue weighted by Crippen LogP contribution is 2.22. The second-order valence-electron chi connectivity index (χ2n) is 4.53. The van der Waals surface area contributed by atoms with Gasteiger partial charge < -0.3 is 5.32 Å². The largest absolute Gasteiger partial charge is 0.312 e. The minimum Gasteiger partial charge on any atom is -0.312 e. The predicted molar refractivity (Wildman–Crippen MR) is 73.2 cm³/mol. The maximum Gasteiger partial charge on any atom is 0.0239 e. The first-order valence-corrected chi connectivity index (χ1v) is 7.27. The van der Waals surface area contributed by atoms with Crippen molar-refractivity contribution in [2.45, 2.75) is 38.0 Å². The van der Waals surface area contributed by atoms with Crippen molar-refractivity contribution >= 4 is 11.8 Å². The van der Waals surface area contributed by atoms with Crippen molar-refractivity contribution in [3.05, 3.63) is 35.4 Å². The normalized spacial score (nSPS) is 25.6. The molecule has 2 rings (SSSR count). The summed E-state index contributed by atoms with van der Waals surface area (Å²) in [5.41, 5.74) is 2.91. The van der Waals surface area contributed by atoms with E-state index in [0.717, 1.165) is 18.2 Å². The lowest BCUT2D eigenvalue weighted by Crippen LogP contribution is -2.42. The fourth-order valence-corrected chi connectivity index (χ4v) is 3.39. The third-order valence-electron chi connectivity index (χ3n) is 3.33. The molecule has 1 nitrogen and oxygen atoms in total. The standard InChI is InChI=1S/C14H21NS/c1-3-12-4-6-13(7-5-12)10-14-11(2)15-8-9-16-14/h4-7,11,14-15H,3,8-10H2,1-2H3. The van der Waals surface area contributed by atoms with Crippen LogP contribution in [-0.2, 0) is 12.8 Å². The molecule has 1 aromatic rings. The number of hydrogen-bond donors (Lipinski definition) is 1. The molecule has 1 fully saturated rings. The molecule has 1 saturated heterocycles. The van der Waals surface area contributed by atoms with Crippen molar-refractivity contribution in [3.8, 4) is 0 Å².